The predicted molar refractivity (Wildman–Crippen MR) is 214 cm³/mol. The van der Waals surface area contributed by atoms with E-state index in [1.807, 2.05) is 47.5 Å². The smallest absolute Gasteiger partial charge is 0.272 e. The number of piperazine rings is 1. The zero-order valence-electron chi connectivity index (χ0n) is 31.8. The van der Waals surface area contributed by atoms with Crippen molar-refractivity contribution in [1.29, 1.82) is 0 Å². The number of piperidine rings is 2. The van der Waals surface area contributed by atoms with E-state index >= 15 is 0 Å². The van der Waals surface area contributed by atoms with Crippen LogP contribution in [0.15, 0.2) is 54.7 Å². The molecular formula is C42H44ClN9O5. The number of hydrogen-bond donors (Lipinski definition) is 1. The van der Waals surface area contributed by atoms with Gasteiger partial charge in [-0.05, 0) is 80.5 Å². The number of pyridine rings is 1. The van der Waals surface area contributed by atoms with Crippen molar-refractivity contribution in [2.45, 2.75) is 57.2 Å². The molecule has 5 fully saturated rings. The molecule has 6 aliphatic rings. The Morgan fingerprint density at radius 3 is 2.26 bits per heavy atom. The van der Waals surface area contributed by atoms with Gasteiger partial charge in [0.2, 0.25) is 17.5 Å². The van der Waals surface area contributed by atoms with E-state index in [-0.39, 0.29) is 41.3 Å². The Morgan fingerprint density at radius 1 is 0.877 bits per heavy atom. The molecule has 1 spiro atoms. The van der Waals surface area contributed by atoms with E-state index in [9.17, 15) is 24.0 Å². The fraction of sp³-hybridized carbons (Fsp3) is 0.452. The molecule has 294 valence electrons. The topological polar surface area (TPSA) is 134 Å². The predicted octanol–water partition coefficient (Wildman–Crippen LogP) is 4.22. The number of fused-ring (bicyclic) bond motifs is 1. The van der Waals surface area contributed by atoms with Gasteiger partial charge >= 0.3 is 0 Å². The number of amides is 5. The van der Waals surface area contributed by atoms with Gasteiger partial charge in [0.05, 0.1) is 29.6 Å². The van der Waals surface area contributed by atoms with Crippen LogP contribution in [-0.4, -0.2) is 126 Å². The van der Waals surface area contributed by atoms with Crippen LogP contribution in [0, 0.1) is 12.0 Å². The number of halogens is 1. The molecule has 5 saturated heterocycles. The van der Waals surface area contributed by atoms with Gasteiger partial charge in [0.15, 0.2) is 0 Å². The van der Waals surface area contributed by atoms with Crippen LogP contribution >= 0.6 is 11.6 Å². The second-order valence-corrected chi connectivity index (χ2v) is 16.8. The normalized spacial score (nSPS) is 23.8. The Morgan fingerprint density at radius 2 is 1.58 bits per heavy atom. The van der Waals surface area contributed by atoms with Gasteiger partial charge in [-0.25, -0.2) is 9.83 Å². The molecule has 15 heteroatoms. The molecule has 2 aromatic carbocycles. The number of nitrogens with one attached hydrogen (secondary N) is 1. The van der Waals surface area contributed by atoms with Crippen LogP contribution in [0.25, 0.3) is 4.85 Å². The van der Waals surface area contributed by atoms with Crippen molar-refractivity contribution in [1.82, 2.24) is 25.0 Å². The summed E-state index contributed by atoms with van der Waals surface area (Å²) < 4.78 is 0. The molecule has 5 amide bonds. The summed E-state index contributed by atoms with van der Waals surface area (Å²) >= 11 is 6.37. The number of anilines is 3. The molecule has 0 radical (unpaired) electrons. The summed E-state index contributed by atoms with van der Waals surface area (Å²) in [5.74, 6) is -2.09. The van der Waals surface area contributed by atoms with E-state index in [1.165, 1.54) is 0 Å². The highest BCUT2D eigenvalue weighted by molar-refractivity contribution is 6.33. The van der Waals surface area contributed by atoms with Gasteiger partial charge in [0, 0.05) is 93.8 Å². The van der Waals surface area contributed by atoms with Crippen molar-refractivity contribution in [3.8, 4) is 0 Å². The third kappa shape index (κ3) is 6.66. The summed E-state index contributed by atoms with van der Waals surface area (Å²) in [6.45, 7) is 16.8. The Hall–Kier alpha value is -5.52. The van der Waals surface area contributed by atoms with Gasteiger partial charge in [-0.1, -0.05) is 17.7 Å². The number of imide groups is 2. The van der Waals surface area contributed by atoms with Crippen LogP contribution in [0.1, 0.15) is 70.2 Å². The summed E-state index contributed by atoms with van der Waals surface area (Å²) in [6, 6.07) is 14.5. The second-order valence-electron chi connectivity index (χ2n) is 16.4. The molecule has 0 aliphatic carbocycles. The lowest BCUT2D eigenvalue weighted by Crippen LogP contribution is -2.64. The monoisotopic (exact) mass is 789 g/mol. The van der Waals surface area contributed by atoms with Gasteiger partial charge in [0.25, 0.3) is 17.7 Å². The van der Waals surface area contributed by atoms with E-state index < -0.39 is 29.7 Å². The van der Waals surface area contributed by atoms with Crippen LogP contribution in [0.3, 0.4) is 0 Å². The van der Waals surface area contributed by atoms with Gasteiger partial charge in [-0.2, -0.15) is 0 Å². The number of carbonyl (C=O) groups excluding carboxylic acids is 5. The number of benzene rings is 2. The van der Waals surface area contributed by atoms with Gasteiger partial charge in [-0.3, -0.25) is 39.1 Å². The first kappa shape index (κ1) is 37.1. The zero-order chi connectivity index (χ0) is 39.6. The van der Waals surface area contributed by atoms with Gasteiger partial charge < -0.3 is 19.6 Å². The van der Waals surface area contributed by atoms with E-state index in [0.717, 1.165) is 87.0 Å². The van der Waals surface area contributed by atoms with Crippen molar-refractivity contribution in [2.75, 3.05) is 73.6 Å². The van der Waals surface area contributed by atoms with Crippen LogP contribution in [0.2, 0.25) is 5.02 Å². The fourth-order valence-corrected chi connectivity index (χ4v) is 9.96. The van der Waals surface area contributed by atoms with E-state index in [0.29, 0.717) is 35.5 Å². The standard InChI is InChI=1S/C42H44ClN9O5/c1-26-21-42(25-51(26)28-4-7-34(44-2)33(43)20-28)11-13-47(14-12-42)29-5-8-35(45-22-29)41(57)50-23-30(24-50)49-17-15-48(16-18-49)27-3-6-31-32(19-27)40(56)52(39(31)55)36-9-10-37(53)46-38(36)54/h3-8,19-20,22,26,30,36H,9-18,21,23-25H2,1H3,(H,46,53,54)/t26-,36?/m0/s1. The number of aromatic nitrogens is 1. The Labute approximate surface area is 336 Å². The molecule has 3 aromatic rings. The quantitative estimate of drug-likeness (QED) is 0.286. The number of nitrogens with zero attached hydrogens (tertiary/aromatic N) is 8. The number of rotatable bonds is 6. The first-order valence-electron chi connectivity index (χ1n) is 19.8. The van der Waals surface area contributed by atoms with Crippen LogP contribution in [0.5, 0.6) is 0 Å². The molecule has 6 aliphatic heterocycles. The van der Waals surface area contributed by atoms with E-state index in [4.69, 9.17) is 18.2 Å². The van der Waals surface area contributed by atoms with E-state index in [1.54, 1.807) is 12.1 Å². The number of carbonyl (C=O) groups is 5. The molecule has 9 rings (SSSR count). The molecule has 0 bridgehead atoms. The molecule has 0 saturated carbocycles. The lowest BCUT2D eigenvalue weighted by molar-refractivity contribution is -0.136. The average Bonchev–Trinajstić information content (AvgIpc) is 3.65. The highest BCUT2D eigenvalue weighted by Gasteiger charge is 2.46. The maximum atomic E-state index is 13.4. The summed E-state index contributed by atoms with van der Waals surface area (Å²) in [5, 5.41) is 2.74. The fourth-order valence-electron chi connectivity index (χ4n) is 9.75. The lowest BCUT2D eigenvalue weighted by Gasteiger charge is -2.48. The van der Waals surface area contributed by atoms with Gasteiger partial charge in [-0.15, -0.1) is 0 Å². The number of likely N-dealkylation sites (tertiary alicyclic amines) is 1. The van der Waals surface area contributed by atoms with Crippen molar-refractivity contribution in [2.24, 2.45) is 5.41 Å². The molecule has 2 atom stereocenters. The van der Waals surface area contributed by atoms with Crippen LogP contribution < -0.4 is 20.0 Å². The summed E-state index contributed by atoms with van der Waals surface area (Å²) in [5.41, 5.74) is 4.69. The molecule has 1 N–H and O–H groups in total. The molecule has 1 unspecified atom stereocenters. The minimum atomic E-state index is -0.988. The molecule has 14 nitrogen and oxygen atoms in total. The SMILES string of the molecule is [C-]#[N+]c1ccc(N2CC3(CCN(c4ccc(C(=O)N5CC(N6CCN(c7ccc8c(c7)C(=O)N(C7CCC(=O)NC7=O)C8=O)CC6)C5)nc4)CC3)C[C@@H]2C)cc1Cl. The third-order valence-corrected chi connectivity index (χ3v) is 13.4. The van der Waals surface area contributed by atoms with Crippen molar-refractivity contribution < 1.29 is 24.0 Å². The summed E-state index contributed by atoms with van der Waals surface area (Å²) in [7, 11) is 0. The highest BCUT2D eigenvalue weighted by atomic mass is 35.5. The minimum absolute atomic E-state index is 0.0534. The maximum absolute atomic E-state index is 13.4. The Balaban J connectivity index is 0.740. The minimum Gasteiger partial charge on any atom is -0.370 e. The van der Waals surface area contributed by atoms with Crippen LogP contribution in [-0.2, 0) is 9.59 Å². The summed E-state index contributed by atoms with van der Waals surface area (Å²) in [4.78, 5) is 84.2. The highest BCUT2D eigenvalue weighted by Crippen LogP contribution is 2.46. The Kier molecular flexibility index (Phi) is 9.40. The third-order valence-electron chi connectivity index (χ3n) is 13.1. The van der Waals surface area contributed by atoms with Crippen LogP contribution in [0.4, 0.5) is 22.7 Å². The molecule has 1 aromatic heterocycles. The number of hydrogen-bond acceptors (Lipinski definition) is 10. The molecular weight excluding hydrogens is 746 g/mol. The average molecular weight is 790 g/mol. The Bertz CT molecular complexity index is 2200. The van der Waals surface area contributed by atoms with Crippen molar-refractivity contribution >= 4 is 63.9 Å². The lowest BCUT2D eigenvalue weighted by atomic mass is 9.76. The zero-order valence-corrected chi connectivity index (χ0v) is 32.6. The van der Waals surface area contributed by atoms with Crippen molar-refractivity contribution in [3.05, 3.63) is 88.0 Å². The summed E-state index contributed by atoms with van der Waals surface area (Å²) in [6.07, 6.45) is 5.31. The second kappa shape index (κ2) is 14.5. The largest absolute Gasteiger partial charge is 0.370 e. The van der Waals surface area contributed by atoms with Crippen molar-refractivity contribution in [3.63, 3.8) is 0 Å². The first-order chi connectivity index (χ1) is 27.5. The first-order valence-corrected chi connectivity index (χ1v) is 20.2. The van der Waals surface area contributed by atoms with E-state index in [2.05, 4.69) is 41.7 Å². The molecule has 57 heavy (non-hydrogen) atoms. The van der Waals surface area contributed by atoms with Gasteiger partial charge in [0.1, 0.15) is 11.7 Å². The molecule has 7 heterocycles. The maximum Gasteiger partial charge on any atom is 0.272 e.